The standard InChI is InChI=1S/C8H19NO3P/c1-2-3-4-5-6-7-8-11-13(10)12-9/h2-9H2,1H3/q+1. The molecule has 13 heavy (non-hydrogen) atoms. The molecule has 0 saturated carbocycles. The summed E-state index contributed by atoms with van der Waals surface area (Å²) in [5.41, 5.74) is 0. The first-order chi connectivity index (χ1) is 6.31. The fourth-order valence-electron chi connectivity index (χ4n) is 1.05. The van der Waals surface area contributed by atoms with Gasteiger partial charge in [-0.2, -0.15) is 5.90 Å². The maximum Gasteiger partial charge on any atom is 0.716 e. The molecule has 1 atom stereocenters. The average Bonchev–Trinajstić information content (AvgIpc) is 2.16. The summed E-state index contributed by atoms with van der Waals surface area (Å²) in [4.78, 5) is 0. The van der Waals surface area contributed by atoms with Crippen molar-refractivity contribution in [1.82, 2.24) is 0 Å². The van der Waals surface area contributed by atoms with Crippen LogP contribution >= 0.6 is 8.25 Å². The summed E-state index contributed by atoms with van der Waals surface area (Å²) in [6, 6.07) is 0. The minimum Gasteiger partial charge on any atom is -0.162 e. The Morgan fingerprint density at radius 2 is 1.77 bits per heavy atom. The second-order valence-electron chi connectivity index (χ2n) is 2.93. The second kappa shape index (κ2) is 10.1. The maximum atomic E-state index is 10.5. The number of hydrogen-bond donors (Lipinski definition) is 1. The van der Waals surface area contributed by atoms with Crippen molar-refractivity contribution in [2.45, 2.75) is 45.4 Å². The third kappa shape index (κ3) is 9.90. The Balaban J connectivity index is 2.95. The molecule has 0 fully saturated rings. The molecule has 5 heteroatoms. The van der Waals surface area contributed by atoms with E-state index in [4.69, 9.17) is 4.52 Å². The Labute approximate surface area is 80.7 Å². The highest BCUT2D eigenvalue weighted by atomic mass is 31.1. The first-order valence-electron chi connectivity index (χ1n) is 4.78. The van der Waals surface area contributed by atoms with Crippen LogP contribution in [0.5, 0.6) is 0 Å². The van der Waals surface area contributed by atoms with Gasteiger partial charge in [0.25, 0.3) is 0 Å². The lowest BCUT2D eigenvalue weighted by molar-refractivity contribution is 0.226. The number of hydrogen-bond acceptors (Lipinski definition) is 4. The minimum atomic E-state index is -2.08. The van der Waals surface area contributed by atoms with E-state index in [0.29, 0.717) is 6.61 Å². The van der Waals surface area contributed by atoms with Crippen LogP contribution in [0.2, 0.25) is 0 Å². The zero-order chi connectivity index (χ0) is 9.94. The van der Waals surface area contributed by atoms with E-state index < -0.39 is 8.25 Å². The van der Waals surface area contributed by atoms with Gasteiger partial charge in [-0.1, -0.05) is 39.0 Å². The van der Waals surface area contributed by atoms with Crippen LogP contribution in [0.1, 0.15) is 45.4 Å². The van der Waals surface area contributed by atoms with Crippen LogP contribution < -0.4 is 5.90 Å². The summed E-state index contributed by atoms with van der Waals surface area (Å²) in [5, 5.41) is 0. The first-order valence-corrected chi connectivity index (χ1v) is 5.87. The van der Waals surface area contributed by atoms with Gasteiger partial charge in [-0.05, 0) is 11.0 Å². The molecule has 0 heterocycles. The van der Waals surface area contributed by atoms with Crippen LogP contribution in [0.15, 0.2) is 0 Å². The number of rotatable bonds is 9. The molecule has 0 rings (SSSR count). The molecule has 0 amide bonds. The highest BCUT2D eigenvalue weighted by molar-refractivity contribution is 7.33. The van der Waals surface area contributed by atoms with Crippen LogP contribution in [0.3, 0.4) is 0 Å². The molecule has 2 N–H and O–H groups in total. The molecule has 0 radical (unpaired) electrons. The van der Waals surface area contributed by atoms with E-state index in [0.717, 1.165) is 12.8 Å². The summed E-state index contributed by atoms with van der Waals surface area (Å²) in [5.74, 6) is 4.64. The maximum absolute atomic E-state index is 10.5. The van der Waals surface area contributed by atoms with Gasteiger partial charge in [-0.25, -0.2) is 0 Å². The third-order valence-corrected chi connectivity index (χ3v) is 2.35. The molecule has 78 valence electrons. The highest BCUT2D eigenvalue weighted by Crippen LogP contribution is 2.20. The smallest absolute Gasteiger partial charge is 0.162 e. The number of nitrogens with two attached hydrogens (primary N) is 1. The van der Waals surface area contributed by atoms with E-state index in [1.165, 1.54) is 25.7 Å². The summed E-state index contributed by atoms with van der Waals surface area (Å²) in [6.45, 7) is 2.66. The van der Waals surface area contributed by atoms with Gasteiger partial charge in [-0.3, -0.25) is 0 Å². The van der Waals surface area contributed by atoms with Crippen molar-refractivity contribution in [1.29, 1.82) is 0 Å². The SMILES string of the molecule is CCCCCCCCO[P+](=O)ON. The largest absolute Gasteiger partial charge is 0.716 e. The van der Waals surface area contributed by atoms with Gasteiger partial charge in [0, 0.05) is 4.57 Å². The Morgan fingerprint density at radius 3 is 2.38 bits per heavy atom. The van der Waals surface area contributed by atoms with E-state index in [9.17, 15) is 4.57 Å². The van der Waals surface area contributed by atoms with Crippen molar-refractivity contribution in [3.8, 4) is 0 Å². The van der Waals surface area contributed by atoms with E-state index in [2.05, 4.69) is 17.4 Å². The number of unbranched alkanes of at least 4 members (excludes halogenated alkanes) is 5. The fourth-order valence-corrected chi connectivity index (χ4v) is 1.39. The topological polar surface area (TPSA) is 61.5 Å². The molecule has 4 nitrogen and oxygen atoms in total. The van der Waals surface area contributed by atoms with Crippen LogP contribution in [-0.2, 0) is 13.7 Å². The Hall–Kier alpha value is -0.0200. The van der Waals surface area contributed by atoms with E-state index in [-0.39, 0.29) is 0 Å². The minimum absolute atomic E-state index is 0.471. The fraction of sp³-hybridized carbons (Fsp3) is 1.00. The molecule has 0 aliphatic heterocycles. The quantitative estimate of drug-likeness (QED) is 0.359. The average molecular weight is 208 g/mol. The first kappa shape index (κ1) is 13.0. The predicted octanol–water partition coefficient (Wildman–Crippen LogP) is 2.91. The molecule has 0 aromatic heterocycles. The van der Waals surface area contributed by atoms with Crippen molar-refractivity contribution in [3.63, 3.8) is 0 Å². The predicted molar refractivity (Wildman–Crippen MR) is 52.2 cm³/mol. The van der Waals surface area contributed by atoms with Crippen LogP contribution in [0.25, 0.3) is 0 Å². The van der Waals surface area contributed by atoms with Gasteiger partial charge in [0.1, 0.15) is 6.61 Å². The van der Waals surface area contributed by atoms with Crippen LogP contribution in [0.4, 0.5) is 0 Å². The third-order valence-electron chi connectivity index (χ3n) is 1.78. The summed E-state index contributed by atoms with van der Waals surface area (Å²) < 4.78 is 19.3. The van der Waals surface area contributed by atoms with Crippen molar-refractivity contribution in [3.05, 3.63) is 0 Å². The summed E-state index contributed by atoms with van der Waals surface area (Å²) in [6.07, 6.45) is 7.08. The molecule has 0 aliphatic carbocycles. The van der Waals surface area contributed by atoms with Crippen LogP contribution in [-0.4, -0.2) is 6.61 Å². The highest BCUT2D eigenvalue weighted by Gasteiger charge is 2.16. The van der Waals surface area contributed by atoms with Crippen molar-refractivity contribution in [2.75, 3.05) is 6.61 Å². The van der Waals surface area contributed by atoms with Gasteiger partial charge in [0.15, 0.2) is 0 Å². The lowest BCUT2D eigenvalue weighted by Gasteiger charge is -1.96. The van der Waals surface area contributed by atoms with Crippen molar-refractivity contribution < 1.29 is 13.7 Å². The van der Waals surface area contributed by atoms with Gasteiger partial charge in [-0.15, -0.1) is 4.52 Å². The molecule has 0 spiro atoms. The molecule has 1 unspecified atom stereocenters. The second-order valence-corrected chi connectivity index (χ2v) is 3.85. The molecule has 0 aromatic rings. The van der Waals surface area contributed by atoms with Crippen LogP contribution in [0, 0.1) is 0 Å². The van der Waals surface area contributed by atoms with E-state index >= 15 is 0 Å². The van der Waals surface area contributed by atoms with Gasteiger partial charge >= 0.3 is 8.25 Å². The van der Waals surface area contributed by atoms with Crippen molar-refractivity contribution >= 4 is 8.25 Å². The van der Waals surface area contributed by atoms with Gasteiger partial charge < -0.3 is 0 Å². The molecule has 0 saturated heterocycles. The van der Waals surface area contributed by atoms with E-state index in [1.54, 1.807) is 0 Å². The molecular formula is C8H19NO3P+. The summed E-state index contributed by atoms with van der Waals surface area (Å²) in [7, 11) is -2.08. The molecule has 0 bridgehead atoms. The zero-order valence-electron chi connectivity index (χ0n) is 8.20. The zero-order valence-corrected chi connectivity index (χ0v) is 9.09. The molecule has 0 aromatic carbocycles. The molecular weight excluding hydrogens is 189 g/mol. The summed E-state index contributed by atoms with van der Waals surface area (Å²) >= 11 is 0. The monoisotopic (exact) mass is 208 g/mol. The Kier molecular flexibility index (Phi) is 10.0. The Morgan fingerprint density at radius 1 is 1.15 bits per heavy atom. The molecule has 0 aliphatic rings. The normalized spacial score (nSPS) is 11.7. The lowest BCUT2D eigenvalue weighted by Crippen LogP contribution is -1.93. The van der Waals surface area contributed by atoms with E-state index in [1.807, 2.05) is 0 Å². The van der Waals surface area contributed by atoms with Gasteiger partial charge in [0.2, 0.25) is 0 Å². The van der Waals surface area contributed by atoms with Crippen molar-refractivity contribution in [2.24, 2.45) is 5.90 Å². The van der Waals surface area contributed by atoms with Gasteiger partial charge in [0.05, 0.1) is 0 Å². The Bertz CT molecular complexity index is 133. The lowest BCUT2D eigenvalue weighted by atomic mass is 10.1.